The molecule has 112 valence electrons. The second-order valence-corrected chi connectivity index (χ2v) is 5.96. The van der Waals surface area contributed by atoms with Crippen molar-refractivity contribution in [3.05, 3.63) is 107 Å². The highest BCUT2D eigenvalue weighted by atomic mass is 14.7. The van der Waals surface area contributed by atoms with E-state index in [-0.39, 0.29) is 5.92 Å². The minimum atomic E-state index is 0.244. The molecule has 0 aliphatic carbocycles. The van der Waals surface area contributed by atoms with Crippen molar-refractivity contribution in [3.63, 3.8) is 0 Å². The van der Waals surface area contributed by atoms with Crippen molar-refractivity contribution in [2.75, 3.05) is 0 Å². The summed E-state index contributed by atoms with van der Waals surface area (Å²) in [6, 6.07) is 30.1. The molecule has 0 aliphatic heterocycles. The Bertz CT molecular complexity index is 881. The Hall–Kier alpha value is -2.80. The van der Waals surface area contributed by atoms with Gasteiger partial charge in [0.25, 0.3) is 0 Å². The molecule has 0 saturated heterocycles. The summed E-state index contributed by atoms with van der Waals surface area (Å²) in [4.78, 5) is 3.55. The molecule has 0 fully saturated rings. The molecule has 0 radical (unpaired) electrons. The quantitative estimate of drug-likeness (QED) is 0.502. The summed E-state index contributed by atoms with van der Waals surface area (Å²) < 4.78 is 0. The fourth-order valence-electron chi connectivity index (χ4n) is 3.49. The van der Waals surface area contributed by atoms with Crippen molar-refractivity contribution < 1.29 is 0 Å². The van der Waals surface area contributed by atoms with Crippen LogP contribution in [0.15, 0.2) is 84.9 Å². The van der Waals surface area contributed by atoms with E-state index in [1.54, 1.807) is 0 Å². The van der Waals surface area contributed by atoms with E-state index < -0.39 is 0 Å². The standard InChI is InChI=1S/C22H19N/c1-16-21(19-14-8-9-15-20(19)23-16)22(17-10-4-2-5-11-17)18-12-6-3-7-13-18/h2-15,22-23H,1H3. The fraction of sp³-hybridized carbons (Fsp3) is 0.0909. The molecular formula is C22H19N. The van der Waals surface area contributed by atoms with E-state index in [0.717, 1.165) is 0 Å². The first-order valence-electron chi connectivity index (χ1n) is 8.01. The lowest BCUT2D eigenvalue weighted by atomic mass is 9.84. The Morgan fingerprint density at radius 1 is 0.652 bits per heavy atom. The monoisotopic (exact) mass is 297 g/mol. The van der Waals surface area contributed by atoms with Crippen molar-refractivity contribution in [2.24, 2.45) is 0 Å². The van der Waals surface area contributed by atoms with Gasteiger partial charge in [-0.15, -0.1) is 0 Å². The Morgan fingerprint density at radius 3 is 1.78 bits per heavy atom. The molecule has 23 heavy (non-hydrogen) atoms. The zero-order valence-corrected chi connectivity index (χ0v) is 13.2. The maximum Gasteiger partial charge on any atom is 0.0459 e. The number of nitrogens with one attached hydrogen (secondary N) is 1. The second kappa shape index (κ2) is 5.77. The van der Waals surface area contributed by atoms with Crippen LogP contribution in [-0.4, -0.2) is 4.98 Å². The van der Waals surface area contributed by atoms with Crippen LogP contribution in [-0.2, 0) is 0 Å². The third-order valence-corrected chi connectivity index (χ3v) is 4.50. The number of aryl methyl sites for hydroxylation is 1. The average Bonchev–Trinajstić information content (AvgIpc) is 2.94. The van der Waals surface area contributed by atoms with Crippen molar-refractivity contribution >= 4 is 10.9 Å². The van der Waals surface area contributed by atoms with Gasteiger partial charge in [0.05, 0.1) is 0 Å². The minimum Gasteiger partial charge on any atom is -0.358 e. The number of aromatic nitrogens is 1. The van der Waals surface area contributed by atoms with E-state index in [4.69, 9.17) is 0 Å². The Labute approximate surface area is 136 Å². The third-order valence-electron chi connectivity index (χ3n) is 4.50. The Kier molecular flexibility index (Phi) is 3.47. The second-order valence-electron chi connectivity index (χ2n) is 5.96. The van der Waals surface area contributed by atoms with E-state index in [9.17, 15) is 0 Å². The molecule has 1 heterocycles. The molecule has 4 aromatic rings. The third kappa shape index (κ3) is 2.44. The molecule has 0 saturated carbocycles. The predicted octanol–water partition coefficient (Wildman–Crippen LogP) is 5.66. The van der Waals surface area contributed by atoms with Gasteiger partial charge in [0.1, 0.15) is 0 Å². The van der Waals surface area contributed by atoms with E-state index >= 15 is 0 Å². The summed E-state index contributed by atoms with van der Waals surface area (Å²) in [5, 5.41) is 1.31. The highest BCUT2D eigenvalue weighted by Gasteiger charge is 2.22. The van der Waals surface area contributed by atoms with Gasteiger partial charge in [-0.2, -0.15) is 0 Å². The maximum atomic E-state index is 3.55. The van der Waals surface area contributed by atoms with Gasteiger partial charge >= 0.3 is 0 Å². The molecule has 1 aromatic heterocycles. The molecular weight excluding hydrogens is 278 g/mol. The van der Waals surface area contributed by atoms with Gasteiger partial charge in [0.2, 0.25) is 0 Å². The van der Waals surface area contributed by atoms with Crippen LogP contribution in [0.4, 0.5) is 0 Å². The van der Waals surface area contributed by atoms with Gasteiger partial charge in [0, 0.05) is 22.5 Å². The van der Waals surface area contributed by atoms with Crippen molar-refractivity contribution in [2.45, 2.75) is 12.8 Å². The summed E-state index contributed by atoms with van der Waals surface area (Å²) in [5.74, 6) is 0.244. The number of rotatable bonds is 3. The molecule has 0 bridgehead atoms. The van der Waals surface area contributed by atoms with Crippen LogP contribution in [0.1, 0.15) is 28.3 Å². The molecule has 3 aromatic carbocycles. The van der Waals surface area contributed by atoms with Gasteiger partial charge in [-0.05, 0) is 29.7 Å². The SMILES string of the molecule is Cc1[nH]c2ccccc2c1C(c1ccccc1)c1ccccc1. The molecule has 1 heteroatoms. The Balaban J connectivity index is 2.00. The number of H-pyrrole nitrogens is 1. The summed E-state index contributed by atoms with van der Waals surface area (Å²) >= 11 is 0. The van der Waals surface area contributed by atoms with Crippen molar-refractivity contribution in [1.29, 1.82) is 0 Å². The van der Waals surface area contributed by atoms with Gasteiger partial charge in [-0.3, -0.25) is 0 Å². The first kappa shape index (κ1) is 13.8. The van der Waals surface area contributed by atoms with Gasteiger partial charge < -0.3 is 4.98 Å². The molecule has 0 atom stereocenters. The lowest BCUT2D eigenvalue weighted by molar-refractivity contribution is 0.969. The zero-order chi connectivity index (χ0) is 15.6. The zero-order valence-electron chi connectivity index (χ0n) is 13.2. The highest BCUT2D eigenvalue weighted by Crippen LogP contribution is 2.38. The molecule has 0 amide bonds. The van der Waals surface area contributed by atoms with Crippen molar-refractivity contribution in [3.8, 4) is 0 Å². The van der Waals surface area contributed by atoms with Gasteiger partial charge in [-0.25, -0.2) is 0 Å². The van der Waals surface area contributed by atoms with Crippen LogP contribution < -0.4 is 0 Å². The molecule has 1 nitrogen and oxygen atoms in total. The minimum absolute atomic E-state index is 0.244. The van der Waals surface area contributed by atoms with Gasteiger partial charge in [-0.1, -0.05) is 78.9 Å². The summed E-state index contributed by atoms with van der Waals surface area (Å²) in [6.07, 6.45) is 0. The molecule has 4 rings (SSSR count). The van der Waals surface area contributed by atoms with Crippen LogP contribution in [0.3, 0.4) is 0 Å². The molecule has 0 aliphatic rings. The fourth-order valence-corrected chi connectivity index (χ4v) is 3.49. The van der Waals surface area contributed by atoms with Crippen LogP contribution in [0.2, 0.25) is 0 Å². The molecule has 0 spiro atoms. The molecule has 0 unspecified atom stereocenters. The van der Waals surface area contributed by atoms with Crippen LogP contribution in [0.25, 0.3) is 10.9 Å². The average molecular weight is 297 g/mol. The lowest BCUT2D eigenvalue weighted by Gasteiger charge is -2.19. The number of hydrogen-bond acceptors (Lipinski definition) is 0. The Morgan fingerprint density at radius 2 is 1.17 bits per heavy atom. The number of para-hydroxylation sites is 1. The van der Waals surface area contributed by atoms with Crippen LogP contribution in [0, 0.1) is 6.92 Å². The number of fused-ring (bicyclic) bond motifs is 1. The first-order valence-corrected chi connectivity index (χ1v) is 8.01. The maximum absolute atomic E-state index is 3.55. The van der Waals surface area contributed by atoms with Crippen molar-refractivity contribution in [1.82, 2.24) is 4.98 Å². The first-order chi connectivity index (χ1) is 11.3. The number of benzene rings is 3. The smallest absolute Gasteiger partial charge is 0.0459 e. The number of aromatic amines is 1. The van der Waals surface area contributed by atoms with Crippen LogP contribution >= 0.6 is 0 Å². The summed E-state index contributed by atoms with van der Waals surface area (Å²) in [6.45, 7) is 2.17. The summed E-state index contributed by atoms with van der Waals surface area (Å²) in [5.41, 5.74) is 6.47. The van der Waals surface area contributed by atoms with E-state index in [2.05, 4.69) is 96.8 Å². The van der Waals surface area contributed by atoms with Gasteiger partial charge in [0.15, 0.2) is 0 Å². The van der Waals surface area contributed by atoms with E-state index in [1.165, 1.54) is 33.3 Å². The largest absolute Gasteiger partial charge is 0.358 e. The summed E-state index contributed by atoms with van der Waals surface area (Å²) in [7, 11) is 0. The normalized spacial score (nSPS) is 11.2. The van der Waals surface area contributed by atoms with Crippen LogP contribution in [0.5, 0.6) is 0 Å². The lowest BCUT2D eigenvalue weighted by Crippen LogP contribution is -2.04. The topological polar surface area (TPSA) is 15.8 Å². The highest BCUT2D eigenvalue weighted by molar-refractivity contribution is 5.86. The molecule has 1 N–H and O–H groups in total. The van der Waals surface area contributed by atoms with E-state index in [0.29, 0.717) is 0 Å². The predicted molar refractivity (Wildman–Crippen MR) is 96.9 cm³/mol. The number of hydrogen-bond donors (Lipinski definition) is 1. The van der Waals surface area contributed by atoms with E-state index in [1.807, 2.05) is 0 Å².